The molecule has 6 heteroatoms. The summed E-state index contributed by atoms with van der Waals surface area (Å²) in [5.41, 5.74) is 12.1. The van der Waals surface area contributed by atoms with Crippen molar-refractivity contribution < 1.29 is 27.9 Å². The Labute approximate surface area is 193 Å². The molecule has 4 nitrogen and oxygen atoms in total. The van der Waals surface area contributed by atoms with Gasteiger partial charge in [-0.1, -0.05) is 84.4 Å². The van der Waals surface area contributed by atoms with Gasteiger partial charge in [0.15, 0.2) is 0 Å². The maximum absolute atomic E-state index is 11.6. The van der Waals surface area contributed by atoms with E-state index in [4.69, 9.17) is 5.73 Å². The largest absolute Gasteiger partial charge is 0.322 e. The van der Waals surface area contributed by atoms with E-state index in [-0.39, 0.29) is 19.5 Å². The zero-order valence-electron chi connectivity index (χ0n) is 17.8. The molecule has 0 amide bonds. The van der Waals surface area contributed by atoms with Gasteiger partial charge < -0.3 is 5.73 Å². The van der Waals surface area contributed by atoms with E-state index in [0.717, 1.165) is 17.4 Å². The van der Waals surface area contributed by atoms with E-state index in [2.05, 4.69) is 43.7 Å². The molecular weight excluding hydrogens is 481 g/mol. The first-order chi connectivity index (χ1) is 13.7. The van der Waals surface area contributed by atoms with Gasteiger partial charge in [-0.25, -0.2) is 13.1 Å². The van der Waals surface area contributed by atoms with Crippen LogP contribution in [0.5, 0.6) is 0 Å². The van der Waals surface area contributed by atoms with Crippen LogP contribution in [0, 0.1) is 20.8 Å². The quantitative estimate of drug-likeness (QED) is 0.493. The summed E-state index contributed by atoms with van der Waals surface area (Å²) in [6, 6.07) is 24.4. The van der Waals surface area contributed by atoms with Crippen LogP contribution in [-0.4, -0.2) is 14.7 Å². The van der Waals surface area contributed by atoms with Gasteiger partial charge in [0, 0.05) is 19.5 Å². The van der Waals surface area contributed by atoms with Gasteiger partial charge >= 0.3 is 0 Å². The van der Waals surface area contributed by atoms with Crippen LogP contribution in [0.4, 0.5) is 0 Å². The molecule has 162 valence electrons. The first-order valence-corrected chi connectivity index (χ1v) is 11.4. The molecule has 0 fully saturated rings. The second kappa shape index (κ2) is 12.1. The first-order valence-electron chi connectivity index (χ1n) is 9.54. The first kappa shape index (κ1) is 26.2. The number of aryl methyl sites for hydroxylation is 3. The Bertz CT molecular complexity index is 1010. The number of hydrogen-bond donors (Lipinski definition) is 2. The summed E-state index contributed by atoms with van der Waals surface area (Å²) in [7, 11) is -3.35. The molecule has 2 atom stereocenters. The summed E-state index contributed by atoms with van der Waals surface area (Å²) in [6.07, 6.45) is 1.14. The van der Waals surface area contributed by atoms with E-state index in [0.29, 0.717) is 0 Å². The van der Waals surface area contributed by atoms with Crippen LogP contribution >= 0.6 is 0 Å². The van der Waals surface area contributed by atoms with Gasteiger partial charge in [0.1, 0.15) is 0 Å². The predicted molar refractivity (Wildman–Crippen MR) is 121 cm³/mol. The summed E-state index contributed by atoms with van der Waals surface area (Å²) in [5, 5.41) is 0. The zero-order chi connectivity index (χ0) is 21.4. The monoisotopic (exact) mass is 512 g/mol. The van der Waals surface area contributed by atoms with Gasteiger partial charge in [0.05, 0.1) is 18.3 Å². The van der Waals surface area contributed by atoms with Crippen LogP contribution in [0.1, 0.15) is 39.9 Å². The third-order valence-corrected chi connectivity index (χ3v) is 5.39. The Kier molecular flexibility index (Phi) is 10.6. The zero-order valence-corrected chi connectivity index (χ0v) is 20.4. The number of hydrogen-bond acceptors (Lipinski definition) is 3. The number of nitrogens with two attached hydrogens (primary N) is 1. The summed E-state index contributed by atoms with van der Waals surface area (Å²) in [4.78, 5) is 0. The second-order valence-electron chi connectivity index (χ2n) is 7.30. The Morgan fingerprint density at radius 3 is 1.70 bits per heavy atom. The normalized spacial score (nSPS) is 12.7. The molecule has 0 aliphatic carbocycles. The Morgan fingerprint density at radius 2 is 1.27 bits per heavy atom. The van der Waals surface area contributed by atoms with Crippen molar-refractivity contribution in [3.05, 3.63) is 107 Å². The van der Waals surface area contributed by atoms with Crippen molar-refractivity contribution in [3.63, 3.8) is 0 Å². The maximum atomic E-state index is 11.6. The average molecular weight is 512 g/mol. The van der Waals surface area contributed by atoms with Crippen molar-refractivity contribution in [1.82, 2.24) is 4.72 Å². The Balaban J connectivity index is 0.000000379. The van der Waals surface area contributed by atoms with Crippen LogP contribution in [-0.2, 0) is 29.5 Å². The Morgan fingerprint density at radius 1 is 0.767 bits per heavy atom. The van der Waals surface area contributed by atoms with Crippen LogP contribution in [0.25, 0.3) is 0 Å². The minimum Gasteiger partial charge on any atom is -0.322 e. The molecule has 0 aliphatic rings. The molecule has 3 N–H and O–H groups in total. The third-order valence-electron chi connectivity index (χ3n) is 4.71. The van der Waals surface area contributed by atoms with E-state index in [1.165, 1.54) is 16.7 Å². The molecule has 3 aromatic carbocycles. The van der Waals surface area contributed by atoms with Gasteiger partial charge in [-0.05, 0) is 43.0 Å². The minimum absolute atomic E-state index is 0. The maximum Gasteiger partial charge on any atom is 0.209 e. The SMILES string of the molecule is CS(=O)(=O)N[C@@H](c1ccccc1)[C@@H](N)c1ccccc1.Cc1ccc(C)c(C)c1.[Ru]. The van der Waals surface area contributed by atoms with Crippen molar-refractivity contribution >= 4 is 10.0 Å². The number of nitrogens with one attached hydrogen (secondary N) is 1. The topological polar surface area (TPSA) is 72.2 Å². The average Bonchev–Trinajstić information content (AvgIpc) is 2.70. The van der Waals surface area contributed by atoms with Crippen LogP contribution < -0.4 is 10.5 Å². The van der Waals surface area contributed by atoms with Crippen molar-refractivity contribution in [2.45, 2.75) is 32.9 Å². The van der Waals surface area contributed by atoms with Gasteiger partial charge in [-0.3, -0.25) is 0 Å². The van der Waals surface area contributed by atoms with Crippen molar-refractivity contribution in [1.29, 1.82) is 0 Å². The summed E-state index contributed by atoms with van der Waals surface area (Å²) >= 11 is 0. The van der Waals surface area contributed by atoms with Gasteiger partial charge in [0.25, 0.3) is 0 Å². The van der Waals surface area contributed by atoms with Crippen LogP contribution in [0.3, 0.4) is 0 Å². The van der Waals surface area contributed by atoms with Crippen LogP contribution in [0.2, 0.25) is 0 Å². The van der Waals surface area contributed by atoms with E-state index < -0.39 is 22.1 Å². The smallest absolute Gasteiger partial charge is 0.209 e. The molecule has 0 saturated heterocycles. The molecular formula is C24H30N2O2RuS. The third kappa shape index (κ3) is 8.49. The molecule has 0 radical (unpaired) electrons. The fraction of sp³-hybridized carbons (Fsp3) is 0.250. The van der Waals surface area contributed by atoms with E-state index in [1.807, 2.05) is 60.7 Å². The summed E-state index contributed by atoms with van der Waals surface area (Å²) < 4.78 is 25.8. The standard InChI is InChI=1S/C15H18N2O2S.C9H12.Ru/c1-20(18,19)17-15(13-10-6-3-7-11-13)14(16)12-8-4-2-5-9-12;1-7-4-5-8(2)9(3)6-7;/h2-11,14-15,17H,16H2,1H3;4-6H,1-3H3;/t14-,15-;;/m0../s1. The molecule has 0 aliphatic heterocycles. The molecule has 0 spiro atoms. The van der Waals surface area contributed by atoms with E-state index in [9.17, 15) is 8.42 Å². The summed E-state index contributed by atoms with van der Waals surface area (Å²) in [5.74, 6) is 0. The number of rotatable bonds is 5. The fourth-order valence-electron chi connectivity index (χ4n) is 3.00. The molecule has 30 heavy (non-hydrogen) atoms. The fourth-order valence-corrected chi connectivity index (χ4v) is 3.74. The van der Waals surface area contributed by atoms with Crippen molar-refractivity contribution in [3.8, 4) is 0 Å². The molecule has 0 saturated carbocycles. The molecule has 3 aromatic rings. The second-order valence-corrected chi connectivity index (χ2v) is 9.08. The molecule has 0 aromatic heterocycles. The molecule has 0 bridgehead atoms. The van der Waals surface area contributed by atoms with Gasteiger partial charge in [-0.15, -0.1) is 0 Å². The van der Waals surface area contributed by atoms with Crippen molar-refractivity contribution in [2.24, 2.45) is 5.73 Å². The Hall–Kier alpha value is -1.85. The molecule has 0 unspecified atom stereocenters. The predicted octanol–water partition coefficient (Wildman–Crippen LogP) is 4.59. The van der Waals surface area contributed by atoms with Crippen molar-refractivity contribution in [2.75, 3.05) is 6.26 Å². The van der Waals surface area contributed by atoms with Gasteiger partial charge in [0.2, 0.25) is 10.0 Å². The molecule has 3 rings (SSSR count). The van der Waals surface area contributed by atoms with Crippen LogP contribution in [0.15, 0.2) is 78.9 Å². The number of benzene rings is 3. The van der Waals surface area contributed by atoms with E-state index >= 15 is 0 Å². The molecule has 0 heterocycles. The van der Waals surface area contributed by atoms with Gasteiger partial charge in [-0.2, -0.15) is 0 Å². The minimum atomic E-state index is -3.35. The number of sulfonamides is 1. The summed E-state index contributed by atoms with van der Waals surface area (Å²) in [6.45, 7) is 6.39. The van der Waals surface area contributed by atoms with E-state index in [1.54, 1.807) is 0 Å².